The van der Waals surface area contributed by atoms with E-state index in [1.54, 1.807) is 12.1 Å². The van der Waals surface area contributed by atoms with Crippen molar-refractivity contribution >= 4 is 17.3 Å². The minimum Gasteiger partial charge on any atom is -0.504 e. The number of nitrogens with one attached hydrogen (secondary N) is 1. The number of methoxy groups -OCH3 is 1. The number of anilines is 1. The van der Waals surface area contributed by atoms with E-state index in [1.807, 2.05) is 37.3 Å². The van der Waals surface area contributed by atoms with Gasteiger partial charge in [-0.05, 0) is 30.7 Å². The van der Waals surface area contributed by atoms with Crippen molar-refractivity contribution in [1.29, 1.82) is 0 Å². The summed E-state index contributed by atoms with van der Waals surface area (Å²) in [5.41, 5.74) is 1.82. The molecule has 0 aliphatic heterocycles. The van der Waals surface area contributed by atoms with Gasteiger partial charge in [0.05, 0.1) is 7.11 Å². The maximum Gasteiger partial charge on any atom is 0.160 e. The van der Waals surface area contributed by atoms with Crippen molar-refractivity contribution in [1.82, 2.24) is 0 Å². The fraction of sp³-hybridized carbons (Fsp3) is 0.200. The highest BCUT2D eigenvalue weighted by Gasteiger charge is 2.10. The van der Waals surface area contributed by atoms with Crippen LogP contribution in [0.2, 0.25) is 5.02 Å². The first-order chi connectivity index (χ1) is 9.11. The molecule has 0 aromatic heterocycles. The van der Waals surface area contributed by atoms with Gasteiger partial charge in [-0.2, -0.15) is 0 Å². The molecule has 3 nitrogen and oxygen atoms in total. The minimum absolute atomic E-state index is 0.0431. The fourth-order valence-corrected chi connectivity index (χ4v) is 2.23. The van der Waals surface area contributed by atoms with E-state index in [4.69, 9.17) is 16.3 Å². The highest BCUT2D eigenvalue weighted by atomic mass is 35.5. The van der Waals surface area contributed by atoms with Crippen LogP contribution in [-0.4, -0.2) is 12.2 Å². The highest BCUT2D eigenvalue weighted by molar-refractivity contribution is 6.31. The average Bonchev–Trinajstić information content (AvgIpc) is 2.39. The molecule has 1 unspecified atom stereocenters. The second kappa shape index (κ2) is 5.85. The fourth-order valence-electron chi connectivity index (χ4n) is 1.93. The summed E-state index contributed by atoms with van der Waals surface area (Å²) in [6, 6.07) is 12.9. The van der Waals surface area contributed by atoms with Crippen LogP contribution in [0.4, 0.5) is 5.69 Å². The molecule has 4 heteroatoms. The van der Waals surface area contributed by atoms with E-state index < -0.39 is 0 Å². The number of phenols is 1. The van der Waals surface area contributed by atoms with Crippen molar-refractivity contribution in [3.8, 4) is 11.5 Å². The van der Waals surface area contributed by atoms with Gasteiger partial charge >= 0.3 is 0 Å². The van der Waals surface area contributed by atoms with Crippen LogP contribution in [0.15, 0.2) is 42.5 Å². The predicted octanol–water partition coefficient (Wildman–Crippen LogP) is 4.23. The molecular weight excluding hydrogens is 262 g/mol. The monoisotopic (exact) mass is 277 g/mol. The van der Waals surface area contributed by atoms with Crippen LogP contribution in [0.25, 0.3) is 0 Å². The molecule has 2 N–H and O–H groups in total. The van der Waals surface area contributed by atoms with Crippen LogP contribution >= 0.6 is 11.6 Å². The molecule has 0 radical (unpaired) electrons. The van der Waals surface area contributed by atoms with Crippen molar-refractivity contribution in [3.63, 3.8) is 0 Å². The van der Waals surface area contributed by atoms with Crippen molar-refractivity contribution in [2.24, 2.45) is 0 Å². The molecule has 0 amide bonds. The molecule has 0 aliphatic rings. The Hall–Kier alpha value is -1.87. The van der Waals surface area contributed by atoms with Gasteiger partial charge in [-0.1, -0.05) is 29.8 Å². The van der Waals surface area contributed by atoms with Crippen molar-refractivity contribution in [3.05, 3.63) is 53.1 Å². The van der Waals surface area contributed by atoms with Gasteiger partial charge < -0.3 is 15.2 Å². The second-order valence-electron chi connectivity index (χ2n) is 4.27. The Labute approximate surface area is 117 Å². The predicted molar refractivity (Wildman–Crippen MR) is 78.1 cm³/mol. The van der Waals surface area contributed by atoms with Gasteiger partial charge in [0.1, 0.15) is 0 Å². The van der Waals surface area contributed by atoms with Crippen LogP contribution in [0, 0.1) is 0 Å². The first-order valence-corrected chi connectivity index (χ1v) is 6.37. The first kappa shape index (κ1) is 13.6. The maximum atomic E-state index is 9.74. The number of hydrogen-bond acceptors (Lipinski definition) is 3. The number of hydrogen-bond donors (Lipinski definition) is 2. The molecule has 100 valence electrons. The Bertz CT molecular complexity index is 572. The number of ether oxygens (including phenoxy) is 1. The molecule has 0 spiro atoms. The topological polar surface area (TPSA) is 41.5 Å². The van der Waals surface area contributed by atoms with E-state index in [2.05, 4.69) is 5.32 Å². The number of benzene rings is 2. The summed E-state index contributed by atoms with van der Waals surface area (Å²) in [7, 11) is 1.52. The highest BCUT2D eigenvalue weighted by Crippen LogP contribution is 2.31. The molecule has 0 heterocycles. The van der Waals surface area contributed by atoms with Crippen LogP contribution in [-0.2, 0) is 0 Å². The normalized spacial score (nSPS) is 11.9. The standard InChI is InChI=1S/C15H16ClNO2/c1-10(12-5-3-4-6-13(12)16)17-11-7-8-15(19-2)14(18)9-11/h3-10,17-18H,1-2H3. The molecule has 2 rings (SSSR count). The zero-order valence-corrected chi connectivity index (χ0v) is 11.6. The van der Waals surface area contributed by atoms with Crippen LogP contribution in [0.3, 0.4) is 0 Å². The van der Waals surface area contributed by atoms with Gasteiger partial charge in [0.25, 0.3) is 0 Å². The average molecular weight is 278 g/mol. The Morgan fingerprint density at radius 1 is 1.21 bits per heavy atom. The van der Waals surface area contributed by atoms with Gasteiger partial charge in [-0.15, -0.1) is 0 Å². The smallest absolute Gasteiger partial charge is 0.160 e. The van der Waals surface area contributed by atoms with Crippen molar-refractivity contribution in [2.45, 2.75) is 13.0 Å². The summed E-state index contributed by atoms with van der Waals surface area (Å²) >= 11 is 6.15. The molecule has 0 saturated carbocycles. The molecule has 1 atom stereocenters. The van der Waals surface area contributed by atoms with E-state index >= 15 is 0 Å². The Kier molecular flexibility index (Phi) is 4.17. The lowest BCUT2D eigenvalue weighted by atomic mass is 10.1. The molecule has 0 saturated heterocycles. The summed E-state index contributed by atoms with van der Waals surface area (Å²) in [6.45, 7) is 2.02. The largest absolute Gasteiger partial charge is 0.504 e. The van der Waals surface area contributed by atoms with Gasteiger partial charge in [-0.25, -0.2) is 0 Å². The van der Waals surface area contributed by atoms with Gasteiger partial charge in [0.2, 0.25) is 0 Å². The van der Waals surface area contributed by atoms with Crippen LogP contribution in [0.5, 0.6) is 11.5 Å². The number of aromatic hydroxyl groups is 1. The zero-order valence-electron chi connectivity index (χ0n) is 10.9. The Balaban J connectivity index is 2.17. The number of halogens is 1. The summed E-state index contributed by atoms with van der Waals surface area (Å²) in [6.07, 6.45) is 0. The van der Waals surface area contributed by atoms with Gasteiger partial charge in [-0.3, -0.25) is 0 Å². The molecule has 2 aromatic rings. The van der Waals surface area contributed by atoms with E-state index in [1.165, 1.54) is 7.11 Å². The molecule has 0 aliphatic carbocycles. The summed E-state index contributed by atoms with van der Waals surface area (Å²) in [5, 5.41) is 13.8. The minimum atomic E-state index is 0.0431. The van der Waals surface area contributed by atoms with E-state index in [0.29, 0.717) is 5.75 Å². The summed E-state index contributed by atoms with van der Waals surface area (Å²) in [4.78, 5) is 0. The molecule has 0 fully saturated rings. The van der Waals surface area contributed by atoms with Gasteiger partial charge in [0.15, 0.2) is 11.5 Å². The van der Waals surface area contributed by atoms with E-state index in [-0.39, 0.29) is 11.8 Å². The van der Waals surface area contributed by atoms with Crippen LogP contribution < -0.4 is 10.1 Å². The third-order valence-corrected chi connectivity index (χ3v) is 3.28. The Morgan fingerprint density at radius 2 is 1.95 bits per heavy atom. The lowest BCUT2D eigenvalue weighted by Crippen LogP contribution is -2.07. The van der Waals surface area contributed by atoms with Crippen LogP contribution in [0.1, 0.15) is 18.5 Å². The maximum absolute atomic E-state index is 9.74. The SMILES string of the molecule is COc1ccc(NC(C)c2ccccc2Cl)cc1O. The molecule has 2 aromatic carbocycles. The second-order valence-corrected chi connectivity index (χ2v) is 4.68. The molecular formula is C15H16ClNO2. The van der Waals surface area contributed by atoms with Crippen molar-refractivity contribution < 1.29 is 9.84 Å². The van der Waals surface area contributed by atoms with E-state index in [0.717, 1.165) is 16.3 Å². The van der Waals surface area contributed by atoms with Gasteiger partial charge in [0, 0.05) is 22.8 Å². The number of phenolic OH excluding ortho intramolecular Hbond substituents is 1. The van der Waals surface area contributed by atoms with E-state index in [9.17, 15) is 5.11 Å². The Morgan fingerprint density at radius 3 is 2.58 bits per heavy atom. The third-order valence-electron chi connectivity index (χ3n) is 2.93. The quantitative estimate of drug-likeness (QED) is 0.879. The summed E-state index contributed by atoms with van der Waals surface area (Å²) < 4.78 is 5.01. The lowest BCUT2D eigenvalue weighted by Gasteiger charge is -2.17. The number of rotatable bonds is 4. The molecule has 0 bridgehead atoms. The zero-order chi connectivity index (χ0) is 13.8. The third kappa shape index (κ3) is 3.12. The summed E-state index contributed by atoms with van der Waals surface area (Å²) in [5.74, 6) is 0.565. The first-order valence-electron chi connectivity index (χ1n) is 6.00. The molecule has 19 heavy (non-hydrogen) atoms. The van der Waals surface area contributed by atoms with Crippen molar-refractivity contribution in [2.75, 3.05) is 12.4 Å². The lowest BCUT2D eigenvalue weighted by molar-refractivity contribution is 0.373.